The Balaban J connectivity index is 1.20. The van der Waals surface area contributed by atoms with Crippen LogP contribution in [-0.2, 0) is 6.54 Å². The summed E-state index contributed by atoms with van der Waals surface area (Å²) in [5, 5.41) is 0. The molecule has 0 unspecified atom stereocenters. The maximum Gasteiger partial charge on any atom is 0.205 e. The molecule has 0 aliphatic carbocycles. The van der Waals surface area contributed by atoms with Crippen molar-refractivity contribution < 1.29 is 4.57 Å². The predicted octanol–water partition coefficient (Wildman–Crippen LogP) is 15.3. The molecule has 0 fully saturated rings. The van der Waals surface area contributed by atoms with Crippen LogP contribution in [0.1, 0.15) is 144 Å². The van der Waals surface area contributed by atoms with Crippen LogP contribution in [-0.4, -0.2) is 26.2 Å². The fraction of sp³-hybridized carbons (Fsp3) is 0.351. The van der Waals surface area contributed by atoms with E-state index in [0.717, 1.165) is 45.6 Å². The first-order valence-corrected chi connectivity index (χ1v) is 23.2. The largest absolute Gasteiger partial charge is 0.372 e. The highest BCUT2D eigenvalue weighted by Gasteiger charge is 2.13. The van der Waals surface area contributed by atoms with Gasteiger partial charge in [0.05, 0.1) is 0 Å². The van der Waals surface area contributed by atoms with Gasteiger partial charge in [-0.2, -0.15) is 4.57 Å². The predicted molar refractivity (Wildman–Crippen MR) is 267 cm³/mol. The Morgan fingerprint density at radius 1 is 0.333 bits per heavy atom. The molecule has 0 amide bonds. The quantitative estimate of drug-likeness (QED) is 0.0430. The molecule has 3 heteroatoms. The van der Waals surface area contributed by atoms with Gasteiger partial charge in [-0.3, -0.25) is 0 Å². The van der Waals surface area contributed by atoms with E-state index in [1.807, 2.05) is 0 Å². The Kier molecular flexibility index (Phi) is 19.7. The number of hydrogen-bond acceptors (Lipinski definition) is 2. The van der Waals surface area contributed by atoms with Crippen LogP contribution in [0.15, 0.2) is 115 Å². The molecule has 1 heterocycles. The minimum atomic E-state index is 0.983. The highest BCUT2D eigenvalue weighted by atomic mass is 15.1. The van der Waals surface area contributed by atoms with Gasteiger partial charge in [-0.15, -0.1) is 0 Å². The van der Waals surface area contributed by atoms with E-state index in [1.165, 1.54) is 108 Å². The molecule has 0 saturated carbocycles. The third-order valence-corrected chi connectivity index (χ3v) is 11.2. The highest BCUT2D eigenvalue weighted by molar-refractivity contribution is 5.74. The summed E-state index contributed by atoms with van der Waals surface area (Å²) in [5.74, 6) is 0. The van der Waals surface area contributed by atoms with E-state index in [9.17, 15) is 0 Å². The first-order chi connectivity index (χ1) is 29.5. The molecule has 0 aliphatic rings. The summed E-state index contributed by atoms with van der Waals surface area (Å²) >= 11 is 0. The average molecular weight is 799 g/mol. The van der Waals surface area contributed by atoms with Crippen molar-refractivity contribution in [2.75, 3.05) is 36.0 Å². The van der Waals surface area contributed by atoms with Crippen molar-refractivity contribution in [3.05, 3.63) is 160 Å². The van der Waals surface area contributed by atoms with Crippen LogP contribution in [0.2, 0.25) is 0 Å². The third-order valence-electron chi connectivity index (χ3n) is 11.2. The maximum atomic E-state index is 2.54. The van der Waals surface area contributed by atoms with Gasteiger partial charge < -0.3 is 9.80 Å². The minimum Gasteiger partial charge on any atom is -0.372 e. The van der Waals surface area contributed by atoms with Crippen molar-refractivity contribution in [1.82, 2.24) is 0 Å². The normalized spacial score (nSPS) is 11.8. The van der Waals surface area contributed by atoms with Crippen LogP contribution in [0.25, 0.3) is 48.6 Å². The zero-order chi connectivity index (χ0) is 42.2. The summed E-state index contributed by atoms with van der Waals surface area (Å²) in [5.41, 5.74) is 12.4. The van der Waals surface area contributed by atoms with Gasteiger partial charge in [0.15, 0.2) is 0 Å². The lowest BCUT2D eigenvalue weighted by Crippen LogP contribution is -2.40. The second-order valence-corrected chi connectivity index (χ2v) is 16.1. The van der Waals surface area contributed by atoms with Crippen LogP contribution >= 0.6 is 0 Å². The van der Waals surface area contributed by atoms with E-state index < -0.39 is 0 Å². The van der Waals surface area contributed by atoms with Crippen LogP contribution in [0.4, 0.5) is 11.4 Å². The van der Waals surface area contributed by atoms with Gasteiger partial charge in [-0.05, 0) is 102 Å². The maximum absolute atomic E-state index is 2.54. The van der Waals surface area contributed by atoms with E-state index >= 15 is 0 Å². The monoisotopic (exact) mass is 799 g/mol. The molecule has 3 nitrogen and oxygen atoms in total. The number of unbranched alkanes of at least 4 members (excludes halogenated alkanes) is 5. The summed E-state index contributed by atoms with van der Waals surface area (Å²) in [6.45, 7) is 16.9. The second-order valence-electron chi connectivity index (χ2n) is 16.1. The van der Waals surface area contributed by atoms with E-state index in [0.29, 0.717) is 0 Å². The average Bonchev–Trinajstić information content (AvgIpc) is 3.29. The van der Waals surface area contributed by atoms with E-state index in [1.54, 1.807) is 0 Å². The van der Waals surface area contributed by atoms with Crippen molar-refractivity contribution in [1.29, 1.82) is 0 Å². The summed E-state index contributed by atoms with van der Waals surface area (Å²) in [4.78, 5) is 5.08. The molecule has 0 saturated heterocycles. The van der Waals surface area contributed by atoms with Crippen molar-refractivity contribution >= 4 is 60.0 Å². The highest BCUT2D eigenvalue weighted by Crippen LogP contribution is 2.21. The molecule has 4 aromatic carbocycles. The molecule has 0 spiro atoms. The Morgan fingerprint density at radius 3 is 0.883 bits per heavy atom. The van der Waals surface area contributed by atoms with Crippen molar-refractivity contribution in [3.63, 3.8) is 0 Å². The fourth-order valence-corrected chi connectivity index (χ4v) is 7.35. The molecular formula is C57H72N3+. The van der Waals surface area contributed by atoms with Crippen molar-refractivity contribution in [2.24, 2.45) is 0 Å². The Labute approximate surface area is 364 Å². The first kappa shape index (κ1) is 45.7. The van der Waals surface area contributed by atoms with E-state index in [2.05, 4.69) is 213 Å². The molecule has 0 bridgehead atoms. The van der Waals surface area contributed by atoms with Gasteiger partial charge in [0.2, 0.25) is 11.4 Å². The van der Waals surface area contributed by atoms with Gasteiger partial charge in [0, 0.05) is 68.3 Å². The molecule has 0 N–H and O–H groups in total. The number of hydrogen-bond donors (Lipinski definition) is 0. The molecule has 1 aromatic heterocycles. The second kappa shape index (κ2) is 25.9. The lowest BCUT2D eigenvalue weighted by molar-refractivity contribution is -0.700. The molecule has 0 aliphatic heterocycles. The Bertz CT molecular complexity index is 1900. The van der Waals surface area contributed by atoms with Crippen LogP contribution < -0.4 is 14.4 Å². The van der Waals surface area contributed by atoms with Gasteiger partial charge in [0.1, 0.15) is 6.54 Å². The van der Waals surface area contributed by atoms with Crippen LogP contribution in [0.5, 0.6) is 0 Å². The van der Waals surface area contributed by atoms with Crippen LogP contribution in [0.3, 0.4) is 0 Å². The number of rotatable bonds is 25. The van der Waals surface area contributed by atoms with Gasteiger partial charge >= 0.3 is 0 Å². The minimum absolute atomic E-state index is 0.983. The first-order valence-electron chi connectivity index (χ1n) is 23.2. The van der Waals surface area contributed by atoms with Gasteiger partial charge in [-0.1, -0.05) is 164 Å². The summed E-state index contributed by atoms with van der Waals surface area (Å²) in [7, 11) is 0. The number of benzene rings is 4. The SMILES string of the molecule is CCCCN(CCCC)c1ccc(C=Cc2ccc(C=Cc3cccc(C=Cc4ccc(C=Cc5ccc(N(CCCC)CCCC)cc5)cc4)[n+]3CCCC)cc2)cc1. The lowest BCUT2D eigenvalue weighted by Gasteiger charge is -2.24. The summed E-state index contributed by atoms with van der Waals surface area (Å²) in [6, 6.07) is 42.4. The molecule has 60 heavy (non-hydrogen) atoms. The molecule has 0 atom stereocenters. The van der Waals surface area contributed by atoms with Crippen LogP contribution in [0, 0.1) is 0 Å². The van der Waals surface area contributed by atoms with E-state index in [4.69, 9.17) is 0 Å². The third kappa shape index (κ3) is 15.0. The number of nitrogens with zero attached hydrogens (tertiary/aromatic N) is 3. The molecule has 314 valence electrons. The smallest absolute Gasteiger partial charge is 0.205 e. The summed E-state index contributed by atoms with van der Waals surface area (Å²) in [6.07, 6.45) is 30.0. The molecule has 5 rings (SSSR count). The Morgan fingerprint density at radius 2 is 0.600 bits per heavy atom. The van der Waals surface area contributed by atoms with E-state index in [-0.39, 0.29) is 0 Å². The molecule has 0 radical (unpaired) electrons. The fourth-order valence-electron chi connectivity index (χ4n) is 7.35. The lowest BCUT2D eigenvalue weighted by atomic mass is 10.1. The summed E-state index contributed by atoms with van der Waals surface area (Å²) < 4.78 is 2.45. The zero-order valence-corrected chi connectivity index (χ0v) is 37.5. The topological polar surface area (TPSA) is 10.4 Å². The van der Waals surface area contributed by atoms with Gasteiger partial charge in [0.25, 0.3) is 0 Å². The zero-order valence-electron chi connectivity index (χ0n) is 37.5. The van der Waals surface area contributed by atoms with Crippen molar-refractivity contribution in [2.45, 2.75) is 105 Å². The molecule has 5 aromatic rings. The van der Waals surface area contributed by atoms with Crippen molar-refractivity contribution in [3.8, 4) is 0 Å². The molecular weight excluding hydrogens is 727 g/mol. The number of aromatic nitrogens is 1. The van der Waals surface area contributed by atoms with Gasteiger partial charge in [-0.25, -0.2) is 0 Å². The standard InChI is InChI=1S/C57H72N3/c1-6-11-43-58(44-12-7-2)54-37-31-52(32-38-54)29-23-48-19-25-50(26-20-48)35-41-56-17-16-18-57(60(56)47-15-10-5)42-36-51-27-21-49(22-28-51)24-30-53-33-39-55(40-34-53)59(45-13-8-3)46-14-9-4/h16-42H,6-15,43-47H2,1-5H3/q+1. The number of anilines is 2. The Hall–Kier alpha value is -5.41. The number of pyridine rings is 1.